The van der Waals surface area contributed by atoms with Crippen molar-refractivity contribution in [3.63, 3.8) is 0 Å². The highest BCUT2D eigenvalue weighted by Gasteiger charge is 2.60. The van der Waals surface area contributed by atoms with Crippen molar-refractivity contribution in [3.05, 3.63) is 29.0 Å². The Bertz CT molecular complexity index is 915. The number of carboxylic acid groups (broad SMARTS) is 1. The third-order valence-corrected chi connectivity index (χ3v) is 5.93. The van der Waals surface area contributed by atoms with E-state index in [1.807, 2.05) is 6.92 Å². The summed E-state index contributed by atoms with van der Waals surface area (Å²) in [6.45, 7) is 3.36. The van der Waals surface area contributed by atoms with Gasteiger partial charge in [-0.3, -0.25) is 9.20 Å². The van der Waals surface area contributed by atoms with Crippen LogP contribution in [0.25, 0.3) is 10.4 Å². The van der Waals surface area contributed by atoms with Crippen LogP contribution in [0.4, 0.5) is 4.39 Å². The normalized spacial score (nSPS) is 27.6. The zero-order chi connectivity index (χ0) is 17.3. The summed E-state index contributed by atoms with van der Waals surface area (Å²) in [6.07, 6.45) is 2.10. The van der Waals surface area contributed by atoms with Crippen molar-refractivity contribution < 1.29 is 24.2 Å². The van der Waals surface area contributed by atoms with Crippen molar-refractivity contribution in [2.45, 2.75) is 26.0 Å². The van der Waals surface area contributed by atoms with E-state index in [0.29, 0.717) is 15.3 Å². The van der Waals surface area contributed by atoms with Crippen LogP contribution < -0.4 is 0 Å². The number of nitrogens with zero attached hydrogens (tertiary/aromatic N) is 3. The molecule has 2 aliphatic rings. The number of hydrogen-bond donors (Lipinski definition) is 2. The Labute approximate surface area is 139 Å². The van der Waals surface area contributed by atoms with Gasteiger partial charge in [0.05, 0.1) is 22.9 Å². The second kappa shape index (κ2) is 4.87. The molecule has 0 saturated carbocycles. The summed E-state index contributed by atoms with van der Waals surface area (Å²) in [4.78, 5) is 29.8. The summed E-state index contributed by atoms with van der Waals surface area (Å²) in [5.41, 5.74) is 0.421. The topological polar surface area (TPSA) is 95.1 Å². The summed E-state index contributed by atoms with van der Waals surface area (Å²) in [7, 11) is 0. The van der Waals surface area contributed by atoms with Crippen molar-refractivity contribution in [3.8, 4) is 0 Å². The zero-order valence-corrected chi connectivity index (χ0v) is 13.6. The number of amides is 1. The number of aliphatic carboxylic acids is 1. The highest BCUT2D eigenvalue weighted by molar-refractivity contribution is 7.18. The van der Waals surface area contributed by atoms with Gasteiger partial charge in [-0.1, -0.05) is 6.92 Å². The summed E-state index contributed by atoms with van der Waals surface area (Å²) in [5, 5.41) is 19.4. The van der Waals surface area contributed by atoms with Crippen LogP contribution in [0.2, 0.25) is 0 Å². The predicted molar refractivity (Wildman–Crippen MR) is 82.6 cm³/mol. The van der Waals surface area contributed by atoms with E-state index in [1.54, 1.807) is 6.20 Å². The Morgan fingerprint density at radius 3 is 2.79 bits per heavy atom. The maximum absolute atomic E-state index is 13.6. The molecule has 4 rings (SSSR count). The molecule has 0 spiro atoms. The molecule has 0 bridgehead atoms. The van der Waals surface area contributed by atoms with Crippen LogP contribution in [0.5, 0.6) is 0 Å². The lowest BCUT2D eigenvalue weighted by Crippen LogP contribution is -2.63. The number of fused-ring (bicyclic) bond motifs is 2. The number of β-lactam (4-membered cyclic amide) rings is 1. The second-order valence-corrected chi connectivity index (χ2v) is 7.20. The first-order valence-electron chi connectivity index (χ1n) is 7.44. The number of carbonyl (C=O) groups excluding carboxylic acids is 1. The monoisotopic (exact) mass is 351 g/mol. The molecule has 0 unspecified atom stereocenters. The average molecular weight is 351 g/mol. The van der Waals surface area contributed by atoms with Crippen LogP contribution in [-0.4, -0.2) is 48.5 Å². The van der Waals surface area contributed by atoms with Gasteiger partial charge in [0.2, 0.25) is 11.9 Å². The average Bonchev–Trinajstić information content (AvgIpc) is 3.11. The predicted octanol–water partition coefficient (Wildman–Crippen LogP) is 1.19. The molecule has 0 radical (unpaired) electrons. The van der Waals surface area contributed by atoms with E-state index in [0.717, 1.165) is 11.3 Å². The van der Waals surface area contributed by atoms with Crippen LogP contribution in [-0.2, 0) is 9.59 Å². The molecule has 1 amide bonds. The van der Waals surface area contributed by atoms with E-state index in [-0.39, 0.29) is 23.6 Å². The number of hydrogen-bond acceptors (Lipinski definition) is 5. The number of aliphatic hydroxyl groups is 1. The third kappa shape index (κ3) is 1.76. The quantitative estimate of drug-likeness (QED) is 0.810. The number of imidazole rings is 1. The van der Waals surface area contributed by atoms with Gasteiger partial charge in [-0.25, -0.2) is 9.78 Å². The Morgan fingerprint density at radius 1 is 1.50 bits per heavy atom. The third-order valence-electron chi connectivity index (χ3n) is 4.81. The molecule has 2 aromatic rings. The van der Waals surface area contributed by atoms with E-state index in [2.05, 4.69) is 4.98 Å². The molecule has 4 atom stereocenters. The first-order chi connectivity index (χ1) is 11.3. The highest BCUT2D eigenvalue weighted by Crippen LogP contribution is 2.51. The van der Waals surface area contributed by atoms with Crippen LogP contribution >= 0.6 is 11.3 Å². The number of carbonyl (C=O) groups is 2. The lowest BCUT2D eigenvalue weighted by molar-refractivity contribution is -0.163. The molecule has 2 N–H and O–H groups in total. The van der Waals surface area contributed by atoms with Gasteiger partial charge in [-0.05, 0) is 6.92 Å². The number of carboxylic acids is 1. The number of aliphatic hydroxyl groups excluding tert-OH is 1. The smallest absolute Gasteiger partial charge is 0.352 e. The molecule has 9 heteroatoms. The number of thiazole rings is 1. The zero-order valence-electron chi connectivity index (χ0n) is 12.8. The first kappa shape index (κ1) is 15.3. The molecule has 1 saturated heterocycles. The molecule has 4 heterocycles. The molecule has 0 aliphatic carbocycles. The molecule has 7 nitrogen and oxygen atoms in total. The Hall–Kier alpha value is -2.26. The molecule has 1 fully saturated rings. The standard InChI is InChI=1S/C15H14FN3O4S/c1-5-8(7-3-18-4-17-12(16)14(18)24-7)11(15(22)23)19-10(5)9(6(2)20)13(19)21/h3-6,9-10,20H,1-2H3,(H,22,23)/t5-,6+,9+,10+/m0/s1. The lowest BCUT2D eigenvalue weighted by atomic mass is 9.77. The largest absolute Gasteiger partial charge is 0.477 e. The van der Waals surface area contributed by atoms with Crippen molar-refractivity contribution in [2.24, 2.45) is 11.8 Å². The summed E-state index contributed by atoms with van der Waals surface area (Å²) in [5.74, 6) is -3.08. The van der Waals surface area contributed by atoms with Gasteiger partial charge in [0.1, 0.15) is 12.0 Å². The fraction of sp³-hybridized carbons (Fsp3) is 0.400. The molecule has 24 heavy (non-hydrogen) atoms. The van der Waals surface area contributed by atoms with Gasteiger partial charge in [0.15, 0.2) is 4.83 Å². The lowest BCUT2D eigenvalue weighted by Gasteiger charge is -2.46. The Balaban J connectivity index is 1.86. The Kier molecular flexibility index (Phi) is 3.10. The number of rotatable bonds is 3. The van der Waals surface area contributed by atoms with Crippen LogP contribution in [0.3, 0.4) is 0 Å². The van der Waals surface area contributed by atoms with Gasteiger partial charge in [0, 0.05) is 17.7 Å². The molecule has 2 aromatic heterocycles. The molecule has 0 aromatic carbocycles. The number of halogens is 1. The van der Waals surface area contributed by atoms with E-state index < -0.39 is 23.9 Å². The molecular weight excluding hydrogens is 337 g/mol. The minimum absolute atomic E-state index is 0.0766. The molecule has 2 aliphatic heterocycles. The first-order valence-corrected chi connectivity index (χ1v) is 8.25. The van der Waals surface area contributed by atoms with E-state index in [4.69, 9.17) is 0 Å². The summed E-state index contributed by atoms with van der Waals surface area (Å²) >= 11 is 1.10. The maximum Gasteiger partial charge on any atom is 0.352 e. The fourth-order valence-electron chi connectivity index (χ4n) is 3.79. The highest BCUT2D eigenvalue weighted by atomic mass is 32.1. The summed E-state index contributed by atoms with van der Waals surface area (Å²) < 4.78 is 15.1. The van der Waals surface area contributed by atoms with Crippen molar-refractivity contribution >= 4 is 33.6 Å². The minimum Gasteiger partial charge on any atom is -0.477 e. The van der Waals surface area contributed by atoms with E-state index in [1.165, 1.54) is 22.6 Å². The van der Waals surface area contributed by atoms with Crippen LogP contribution in [0.1, 0.15) is 18.7 Å². The van der Waals surface area contributed by atoms with Gasteiger partial charge >= 0.3 is 5.97 Å². The minimum atomic E-state index is -1.20. The van der Waals surface area contributed by atoms with Crippen molar-refractivity contribution in [2.75, 3.05) is 0 Å². The van der Waals surface area contributed by atoms with E-state index in [9.17, 15) is 24.2 Å². The SMILES string of the molecule is C[C@@H](O)[C@H]1C(=O)N2C(C(=O)O)=C(c3cn4cnc(F)c4s3)[C@H](C)[C@H]12. The molecular formula is C15H14FN3O4S. The second-order valence-electron chi connectivity index (χ2n) is 6.16. The van der Waals surface area contributed by atoms with Crippen molar-refractivity contribution in [1.29, 1.82) is 0 Å². The van der Waals surface area contributed by atoms with Gasteiger partial charge in [0.25, 0.3) is 0 Å². The van der Waals surface area contributed by atoms with Gasteiger partial charge in [-0.2, -0.15) is 4.39 Å². The summed E-state index contributed by atoms with van der Waals surface area (Å²) in [6, 6.07) is -0.386. The van der Waals surface area contributed by atoms with Crippen LogP contribution in [0.15, 0.2) is 18.2 Å². The maximum atomic E-state index is 13.6. The van der Waals surface area contributed by atoms with E-state index >= 15 is 0 Å². The molecule has 126 valence electrons. The fourth-order valence-corrected chi connectivity index (χ4v) is 4.90. The van der Waals surface area contributed by atoms with Crippen molar-refractivity contribution in [1.82, 2.24) is 14.3 Å². The van der Waals surface area contributed by atoms with Gasteiger partial charge < -0.3 is 15.1 Å². The van der Waals surface area contributed by atoms with Crippen LogP contribution in [0, 0.1) is 17.8 Å². The van der Waals surface area contributed by atoms with Gasteiger partial charge in [-0.15, -0.1) is 11.3 Å². The Morgan fingerprint density at radius 2 is 2.21 bits per heavy atom. The number of aromatic nitrogens is 2.